The summed E-state index contributed by atoms with van der Waals surface area (Å²) in [4.78, 5) is 17.4. The fourth-order valence-electron chi connectivity index (χ4n) is 6.36. The molecule has 1 unspecified atom stereocenters. The Labute approximate surface area is 312 Å². The molecule has 1 heterocycles. The molecule has 0 radical (unpaired) electrons. The number of amides is 1. The third-order valence-electron chi connectivity index (χ3n) is 9.59. The number of anilines is 4. The predicted molar refractivity (Wildman–Crippen MR) is 222 cm³/mol. The van der Waals surface area contributed by atoms with E-state index in [1.807, 2.05) is 32.1 Å². The van der Waals surface area contributed by atoms with Crippen molar-refractivity contribution >= 4 is 39.6 Å². The van der Waals surface area contributed by atoms with Crippen LogP contribution in [0.3, 0.4) is 0 Å². The molecule has 0 bridgehead atoms. The summed E-state index contributed by atoms with van der Waals surface area (Å²) in [5, 5.41) is 28.9. The van der Waals surface area contributed by atoms with Crippen molar-refractivity contribution in [2.24, 2.45) is 5.92 Å². The molecule has 4 rings (SSSR count). The van der Waals surface area contributed by atoms with Crippen LogP contribution in [-0.2, 0) is 6.54 Å². The van der Waals surface area contributed by atoms with Crippen LogP contribution in [0.2, 0.25) is 0 Å². The lowest BCUT2D eigenvalue weighted by atomic mass is 10.1. The summed E-state index contributed by atoms with van der Waals surface area (Å²) in [6.07, 6.45) is 11.8. The maximum Gasteiger partial charge on any atom is 0.255 e. The Morgan fingerprint density at radius 1 is 0.923 bits per heavy atom. The third kappa shape index (κ3) is 11.2. The van der Waals surface area contributed by atoms with E-state index in [9.17, 15) is 15.0 Å². The van der Waals surface area contributed by atoms with Crippen molar-refractivity contribution in [3.8, 4) is 11.5 Å². The first-order valence-electron chi connectivity index (χ1n) is 19.2. The molecule has 0 fully saturated rings. The van der Waals surface area contributed by atoms with Crippen LogP contribution in [0.5, 0.6) is 11.5 Å². The highest BCUT2D eigenvalue weighted by atomic mass is 16.3. The van der Waals surface area contributed by atoms with Crippen LogP contribution in [0.25, 0.3) is 10.9 Å². The van der Waals surface area contributed by atoms with E-state index in [2.05, 4.69) is 86.4 Å². The zero-order valence-corrected chi connectivity index (χ0v) is 32.9. The number of nitrogens with one attached hydrogen (secondary N) is 2. The van der Waals surface area contributed by atoms with Crippen molar-refractivity contribution in [3.05, 3.63) is 96.5 Å². The van der Waals surface area contributed by atoms with E-state index in [1.165, 1.54) is 66.3 Å². The van der Waals surface area contributed by atoms with Gasteiger partial charge in [-0.2, -0.15) is 0 Å². The summed E-state index contributed by atoms with van der Waals surface area (Å²) in [5.74, 6) is 0.0562. The average molecular weight is 710 g/mol. The van der Waals surface area contributed by atoms with Crippen LogP contribution in [0, 0.1) is 19.8 Å². The molecule has 282 valence electrons. The number of nitrogens with zero attached hydrogens (tertiary/aromatic N) is 3. The zero-order chi connectivity index (χ0) is 38.2. The lowest BCUT2D eigenvalue weighted by Crippen LogP contribution is -2.28. The third-order valence-corrected chi connectivity index (χ3v) is 9.59. The van der Waals surface area contributed by atoms with Gasteiger partial charge < -0.3 is 35.2 Å². The van der Waals surface area contributed by atoms with Crippen molar-refractivity contribution in [2.45, 2.75) is 100 Å². The highest BCUT2D eigenvalue weighted by Gasteiger charge is 2.17. The second-order valence-electron chi connectivity index (χ2n) is 13.4. The van der Waals surface area contributed by atoms with Gasteiger partial charge in [0.2, 0.25) is 0 Å². The van der Waals surface area contributed by atoms with E-state index in [4.69, 9.17) is 0 Å². The first-order valence-corrected chi connectivity index (χ1v) is 19.2. The molecule has 1 amide bonds. The van der Waals surface area contributed by atoms with Gasteiger partial charge in [-0.05, 0) is 107 Å². The molecular formula is C44H63N5O3. The number of fused-ring (bicyclic) bond motifs is 1. The van der Waals surface area contributed by atoms with Gasteiger partial charge in [0, 0.05) is 70.3 Å². The summed E-state index contributed by atoms with van der Waals surface area (Å²) in [5.41, 5.74) is 6.46. The van der Waals surface area contributed by atoms with Crippen molar-refractivity contribution in [1.82, 2.24) is 9.47 Å². The number of phenolic OH excluding ortho intramolecular Hbond substituents is 2. The normalized spacial score (nSPS) is 11.8. The molecule has 4 aromatic rings. The average Bonchev–Trinajstić information content (AvgIpc) is 3.37. The minimum Gasteiger partial charge on any atom is -0.506 e. The Hall–Kier alpha value is -4.69. The Bertz CT molecular complexity index is 1750. The summed E-state index contributed by atoms with van der Waals surface area (Å²) in [7, 11) is 0. The molecule has 3 aromatic carbocycles. The molecule has 0 saturated carbocycles. The number of benzene rings is 3. The molecule has 1 atom stereocenters. The van der Waals surface area contributed by atoms with Crippen LogP contribution in [0.15, 0.2) is 79.7 Å². The molecule has 8 nitrogen and oxygen atoms in total. The number of hydrogen-bond donors (Lipinski definition) is 4. The molecule has 8 heteroatoms. The molecule has 0 aliphatic rings. The van der Waals surface area contributed by atoms with Crippen LogP contribution < -0.4 is 15.5 Å². The van der Waals surface area contributed by atoms with Gasteiger partial charge in [-0.15, -0.1) is 0 Å². The van der Waals surface area contributed by atoms with Crippen LogP contribution in [0.4, 0.5) is 22.7 Å². The van der Waals surface area contributed by atoms with E-state index < -0.39 is 0 Å². The minimum atomic E-state index is -0.361. The number of carbonyl (C=O) groups is 1. The molecular weight excluding hydrogens is 647 g/mol. The Kier molecular flexibility index (Phi) is 16.8. The number of phenols is 2. The van der Waals surface area contributed by atoms with E-state index >= 15 is 0 Å². The Morgan fingerprint density at radius 3 is 2.29 bits per heavy atom. The van der Waals surface area contributed by atoms with Gasteiger partial charge in [-0.1, -0.05) is 73.1 Å². The van der Waals surface area contributed by atoms with Gasteiger partial charge in [0.25, 0.3) is 5.91 Å². The van der Waals surface area contributed by atoms with E-state index in [-0.39, 0.29) is 28.8 Å². The molecule has 4 N–H and O–H groups in total. The lowest BCUT2D eigenvalue weighted by molar-refractivity contribution is 0.102. The second kappa shape index (κ2) is 21.0. The van der Waals surface area contributed by atoms with Crippen molar-refractivity contribution in [1.29, 1.82) is 0 Å². The summed E-state index contributed by atoms with van der Waals surface area (Å²) >= 11 is 0. The number of aryl methyl sites for hydroxylation is 2. The Balaban J connectivity index is 0.00000358. The number of unbranched alkanes of at least 4 members (excludes halogenated alkanes) is 1. The fourth-order valence-corrected chi connectivity index (χ4v) is 6.36. The van der Waals surface area contributed by atoms with E-state index in [0.29, 0.717) is 5.56 Å². The molecule has 0 saturated heterocycles. The van der Waals surface area contributed by atoms with Gasteiger partial charge >= 0.3 is 0 Å². The lowest BCUT2D eigenvalue weighted by Gasteiger charge is -2.23. The smallest absolute Gasteiger partial charge is 0.255 e. The number of hydrogen-bond acceptors (Lipinski definition) is 6. The first kappa shape index (κ1) is 41.7. The largest absolute Gasteiger partial charge is 0.506 e. The highest BCUT2D eigenvalue weighted by Crippen LogP contribution is 2.40. The minimum absolute atomic E-state index is 0.179. The van der Waals surface area contributed by atoms with Gasteiger partial charge in [-0.25, -0.2) is 0 Å². The standard InChI is InChI=1S/C42H57N5O3.C2H6/c1-8-12-13-23-46(11-4)41-39(48)28-36(29-40(41)49)44-42(50)33-16-14-17-34(26-33)43-35-18-19-38-37(27-35)31(6)32(7)47(38)24-15-22-45(21-9-2)25-20-30(5)10-3;1-2/h11,13-14,16-19,23,26-30,43,48-49H,4,8-10,12,15,20-22,24-25H2,1-3,5-7H3,(H,44,50);1-2H3/b23-13-;. The summed E-state index contributed by atoms with van der Waals surface area (Å²) in [6.45, 7) is 25.6. The van der Waals surface area contributed by atoms with Gasteiger partial charge in [0.15, 0.2) is 0 Å². The van der Waals surface area contributed by atoms with Gasteiger partial charge in [0.1, 0.15) is 17.2 Å². The van der Waals surface area contributed by atoms with E-state index in [0.717, 1.165) is 56.2 Å². The zero-order valence-electron chi connectivity index (χ0n) is 32.9. The maximum absolute atomic E-state index is 13.2. The van der Waals surface area contributed by atoms with Gasteiger partial charge in [0.05, 0.1) is 0 Å². The number of carbonyl (C=O) groups excluding carboxylic acids is 1. The summed E-state index contributed by atoms with van der Waals surface area (Å²) < 4.78 is 2.46. The van der Waals surface area contributed by atoms with Crippen molar-refractivity contribution in [3.63, 3.8) is 0 Å². The first-order chi connectivity index (χ1) is 25.1. The van der Waals surface area contributed by atoms with Gasteiger partial charge in [-0.3, -0.25) is 4.79 Å². The van der Waals surface area contributed by atoms with Crippen LogP contribution in [-0.4, -0.2) is 45.2 Å². The monoisotopic (exact) mass is 709 g/mol. The maximum atomic E-state index is 13.2. The second-order valence-corrected chi connectivity index (χ2v) is 13.4. The predicted octanol–water partition coefficient (Wildman–Crippen LogP) is 11.5. The quantitative estimate of drug-likeness (QED) is 0.0774. The molecule has 0 spiro atoms. The Morgan fingerprint density at radius 2 is 1.63 bits per heavy atom. The molecule has 1 aromatic heterocycles. The molecule has 52 heavy (non-hydrogen) atoms. The fraction of sp³-hybridized carbons (Fsp3) is 0.432. The number of aromatic hydroxyl groups is 2. The van der Waals surface area contributed by atoms with Crippen molar-refractivity contribution in [2.75, 3.05) is 35.2 Å². The van der Waals surface area contributed by atoms with Crippen LogP contribution >= 0.6 is 0 Å². The van der Waals surface area contributed by atoms with E-state index in [1.54, 1.807) is 23.2 Å². The molecule has 0 aliphatic heterocycles. The van der Waals surface area contributed by atoms with Crippen molar-refractivity contribution < 1.29 is 15.0 Å². The number of allylic oxidation sites excluding steroid dienone is 1. The number of rotatable bonds is 19. The highest BCUT2D eigenvalue weighted by molar-refractivity contribution is 6.05. The molecule has 0 aliphatic carbocycles. The topological polar surface area (TPSA) is 93.0 Å². The summed E-state index contributed by atoms with van der Waals surface area (Å²) in [6, 6.07) is 16.6. The SMILES string of the molecule is C=CN(/C=C\CCC)c1c(O)cc(NC(=O)c2cccc(Nc3ccc4c(c3)c(C)c(C)n4CCCN(CCC)CCC(C)CC)c2)cc1O.CC. The van der Waals surface area contributed by atoms with Crippen LogP contribution in [0.1, 0.15) is 102 Å². The number of aromatic nitrogens is 1.